The number of nitrogens with one attached hydrogen (secondary N) is 1. The minimum absolute atomic E-state index is 0.0371. The molecule has 1 aromatic rings. The summed E-state index contributed by atoms with van der Waals surface area (Å²) in [4.78, 5) is 13.5. The number of halogens is 2. The van der Waals surface area contributed by atoms with E-state index in [9.17, 15) is 13.6 Å². The van der Waals surface area contributed by atoms with Crippen molar-refractivity contribution in [3.05, 3.63) is 23.7 Å². The average molecular weight is 306 g/mol. The van der Waals surface area contributed by atoms with Gasteiger partial charge in [-0.1, -0.05) is 11.8 Å². The second kappa shape index (κ2) is 8.97. The molecule has 0 spiro atoms. The van der Waals surface area contributed by atoms with E-state index >= 15 is 0 Å². The number of likely N-dealkylation sites (N-methyl/N-ethyl adjacent to an activating group) is 1. The van der Waals surface area contributed by atoms with Gasteiger partial charge >= 0.3 is 0 Å². The molecule has 0 bridgehead atoms. The van der Waals surface area contributed by atoms with Crippen LogP contribution in [0.3, 0.4) is 0 Å². The van der Waals surface area contributed by atoms with Gasteiger partial charge < -0.3 is 14.6 Å². The number of alkyl halides is 2. The predicted molar refractivity (Wildman–Crippen MR) is 75.6 cm³/mol. The normalized spacial score (nSPS) is 11.1. The van der Waals surface area contributed by atoms with E-state index < -0.39 is 5.76 Å². The fourth-order valence-electron chi connectivity index (χ4n) is 1.72. The van der Waals surface area contributed by atoms with Gasteiger partial charge in [-0.15, -0.1) is 0 Å². The molecule has 0 aromatic carbocycles. The zero-order valence-corrected chi connectivity index (χ0v) is 12.5. The lowest BCUT2D eigenvalue weighted by Crippen LogP contribution is -2.37. The summed E-state index contributed by atoms with van der Waals surface area (Å²) in [5.41, 5.74) is 0. The Morgan fingerprint density at radius 3 is 2.60 bits per heavy atom. The molecule has 0 unspecified atom stereocenters. The number of rotatable bonds is 9. The molecule has 114 valence electrons. The van der Waals surface area contributed by atoms with Gasteiger partial charge in [-0.25, -0.2) is 0 Å². The number of carbonyl (C=O) groups excluding carboxylic acids is 1. The highest BCUT2D eigenvalue weighted by Crippen LogP contribution is 2.21. The Bertz CT molecular complexity index is 409. The molecular formula is C13H20F2N2O2S. The second-order valence-corrected chi connectivity index (χ2v) is 5.09. The molecule has 0 fully saturated rings. The summed E-state index contributed by atoms with van der Waals surface area (Å²) in [5, 5.41) is 2.99. The number of hydrogen-bond donors (Lipinski definition) is 1. The topological polar surface area (TPSA) is 45.5 Å². The second-order valence-electron chi connectivity index (χ2n) is 4.11. The number of hydrogen-bond acceptors (Lipinski definition) is 4. The van der Waals surface area contributed by atoms with Crippen molar-refractivity contribution >= 4 is 17.7 Å². The zero-order chi connectivity index (χ0) is 15.0. The molecule has 0 saturated heterocycles. The van der Waals surface area contributed by atoms with Gasteiger partial charge in [0.05, 0.1) is 18.8 Å². The first-order valence-corrected chi connectivity index (χ1v) is 7.57. The molecule has 1 amide bonds. The van der Waals surface area contributed by atoms with Crippen LogP contribution in [0.2, 0.25) is 0 Å². The summed E-state index contributed by atoms with van der Waals surface area (Å²) in [5.74, 6) is -1.05. The van der Waals surface area contributed by atoms with E-state index in [0.29, 0.717) is 42.9 Å². The first-order valence-electron chi connectivity index (χ1n) is 6.52. The van der Waals surface area contributed by atoms with Crippen molar-refractivity contribution in [2.75, 3.05) is 19.6 Å². The van der Waals surface area contributed by atoms with Crippen molar-refractivity contribution in [3.8, 4) is 0 Å². The first kappa shape index (κ1) is 17.0. The van der Waals surface area contributed by atoms with Crippen LogP contribution in [-0.2, 0) is 17.1 Å². The van der Waals surface area contributed by atoms with Crippen LogP contribution >= 0.6 is 11.8 Å². The van der Waals surface area contributed by atoms with E-state index in [2.05, 4.69) is 5.32 Å². The van der Waals surface area contributed by atoms with E-state index in [1.54, 1.807) is 17.0 Å². The first-order chi connectivity index (χ1) is 9.56. The number of furan rings is 1. The molecule has 0 atom stereocenters. The van der Waals surface area contributed by atoms with Crippen LogP contribution in [0.1, 0.15) is 25.4 Å². The highest BCUT2D eigenvalue weighted by molar-refractivity contribution is 7.98. The molecule has 1 rings (SSSR count). The summed E-state index contributed by atoms with van der Waals surface area (Å²) in [6.07, 6.45) is 0. The van der Waals surface area contributed by atoms with Crippen molar-refractivity contribution < 1.29 is 18.0 Å². The molecule has 0 radical (unpaired) electrons. The van der Waals surface area contributed by atoms with Gasteiger partial charge in [0, 0.05) is 13.1 Å². The minimum atomic E-state index is -2.40. The van der Waals surface area contributed by atoms with E-state index in [4.69, 9.17) is 4.42 Å². The lowest BCUT2D eigenvalue weighted by Gasteiger charge is -2.18. The summed E-state index contributed by atoms with van der Waals surface area (Å²) in [6.45, 7) is 5.89. The highest BCUT2D eigenvalue weighted by Gasteiger charge is 2.10. The Kier molecular flexibility index (Phi) is 7.61. The Hall–Kier alpha value is -1.08. The van der Waals surface area contributed by atoms with Gasteiger partial charge in [0.25, 0.3) is 5.76 Å². The van der Waals surface area contributed by atoms with E-state index in [1.807, 2.05) is 13.8 Å². The molecule has 0 saturated carbocycles. The van der Waals surface area contributed by atoms with Gasteiger partial charge in [-0.2, -0.15) is 8.78 Å². The average Bonchev–Trinajstić information content (AvgIpc) is 2.86. The maximum atomic E-state index is 12.0. The maximum Gasteiger partial charge on any atom is 0.284 e. The predicted octanol–water partition coefficient (Wildman–Crippen LogP) is 2.69. The third kappa shape index (κ3) is 5.92. The monoisotopic (exact) mass is 306 g/mol. The standard InChI is InChI=1S/C13H20F2N2O2S/c1-3-17(4-2)12(18)8-16-7-10-5-6-11(19-10)9-20-13(14)15/h5-6,13,16H,3-4,7-9H2,1-2H3. The van der Waals surface area contributed by atoms with E-state index in [-0.39, 0.29) is 18.2 Å². The third-order valence-electron chi connectivity index (χ3n) is 2.76. The van der Waals surface area contributed by atoms with Crippen LogP contribution in [0, 0.1) is 0 Å². The van der Waals surface area contributed by atoms with Crippen molar-refractivity contribution in [2.45, 2.75) is 31.9 Å². The fraction of sp³-hybridized carbons (Fsp3) is 0.615. The van der Waals surface area contributed by atoms with Crippen LogP contribution in [0.5, 0.6) is 0 Å². The number of thioether (sulfide) groups is 1. The molecule has 0 aliphatic heterocycles. The van der Waals surface area contributed by atoms with Crippen LogP contribution in [-0.4, -0.2) is 36.2 Å². The number of amides is 1. The van der Waals surface area contributed by atoms with Gasteiger partial charge in [0.15, 0.2) is 0 Å². The van der Waals surface area contributed by atoms with Crippen LogP contribution in [0.4, 0.5) is 8.78 Å². The van der Waals surface area contributed by atoms with Gasteiger partial charge in [0.2, 0.25) is 5.91 Å². The summed E-state index contributed by atoms with van der Waals surface area (Å²) >= 11 is 0.528. The van der Waals surface area contributed by atoms with Crippen molar-refractivity contribution in [1.29, 1.82) is 0 Å². The smallest absolute Gasteiger partial charge is 0.284 e. The summed E-state index contributed by atoms with van der Waals surface area (Å²) in [7, 11) is 0. The molecule has 7 heteroatoms. The van der Waals surface area contributed by atoms with Crippen molar-refractivity contribution in [2.24, 2.45) is 0 Å². The third-order valence-corrected chi connectivity index (χ3v) is 3.46. The number of carbonyl (C=O) groups is 1. The lowest BCUT2D eigenvalue weighted by atomic mass is 10.4. The molecule has 1 heterocycles. The van der Waals surface area contributed by atoms with Crippen molar-refractivity contribution in [3.63, 3.8) is 0 Å². The molecule has 4 nitrogen and oxygen atoms in total. The van der Waals surface area contributed by atoms with Crippen LogP contribution in [0.15, 0.2) is 16.5 Å². The highest BCUT2D eigenvalue weighted by atomic mass is 32.2. The van der Waals surface area contributed by atoms with E-state index in [0.717, 1.165) is 0 Å². The number of nitrogens with zero attached hydrogens (tertiary/aromatic N) is 1. The fourth-order valence-corrected chi connectivity index (χ4v) is 2.17. The Labute approximate surface area is 121 Å². The Morgan fingerprint density at radius 2 is 2.00 bits per heavy atom. The lowest BCUT2D eigenvalue weighted by molar-refractivity contribution is -0.129. The van der Waals surface area contributed by atoms with Crippen LogP contribution < -0.4 is 5.32 Å². The quantitative estimate of drug-likeness (QED) is 0.762. The molecule has 1 aromatic heterocycles. The maximum absolute atomic E-state index is 12.0. The molecule has 0 aliphatic carbocycles. The van der Waals surface area contributed by atoms with Gasteiger partial charge in [0.1, 0.15) is 11.5 Å². The van der Waals surface area contributed by atoms with Gasteiger partial charge in [-0.05, 0) is 26.0 Å². The van der Waals surface area contributed by atoms with Gasteiger partial charge in [-0.3, -0.25) is 4.79 Å². The molecule has 0 aliphatic rings. The summed E-state index contributed by atoms with van der Waals surface area (Å²) < 4.78 is 29.4. The van der Waals surface area contributed by atoms with Crippen LogP contribution in [0.25, 0.3) is 0 Å². The largest absolute Gasteiger partial charge is 0.464 e. The van der Waals surface area contributed by atoms with E-state index in [1.165, 1.54) is 0 Å². The van der Waals surface area contributed by atoms with Crippen molar-refractivity contribution in [1.82, 2.24) is 10.2 Å². The Morgan fingerprint density at radius 1 is 1.35 bits per heavy atom. The Balaban J connectivity index is 2.30. The molecular weight excluding hydrogens is 286 g/mol. The SMILES string of the molecule is CCN(CC)C(=O)CNCc1ccc(CSC(F)F)o1. The molecule has 20 heavy (non-hydrogen) atoms. The minimum Gasteiger partial charge on any atom is -0.464 e. The zero-order valence-electron chi connectivity index (χ0n) is 11.7. The summed E-state index contributed by atoms with van der Waals surface area (Å²) in [6, 6.07) is 3.41. The molecule has 1 N–H and O–H groups in total.